The number of hydrogen-bond donors (Lipinski definition) is 2. The smallest absolute Gasteiger partial charge is 0.203 e. The third-order valence-electron chi connectivity index (χ3n) is 5.82. The predicted molar refractivity (Wildman–Crippen MR) is 123 cm³/mol. The molecule has 156 valence electrons. The number of hydrogen-bond acceptors (Lipinski definition) is 5. The molecule has 0 saturated heterocycles. The van der Waals surface area contributed by atoms with Gasteiger partial charge in [0.05, 0.1) is 39.8 Å². The maximum absolute atomic E-state index is 13.6. The molecule has 2 aromatic carbocycles. The van der Waals surface area contributed by atoms with E-state index in [4.69, 9.17) is 4.42 Å². The first-order chi connectivity index (χ1) is 14.5. The quantitative estimate of drug-likeness (QED) is 0.491. The highest BCUT2D eigenvalue weighted by molar-refractivity contribution is 7.21. The third-order valence-corrected chi connectivity index (χ3v) is 6.88. The summed E-state index contributed by atoms with van der Waals surface area (Å²) in [6.07, 6.45) is 0.645. The molecule has 2 N–H and O–H groups in total. The van der Waals surface area contributed by atoms with Crippen molar-refractivity contribution in [1.82, 2.24) is 4.98 Å². The summed E-state index contributed by atoms with van der Waals surface area (Å²) >= 11 is 1.50. The molecule has 4 aromatic rings. The third kappa shape index (κ3) is 3.40. The normalized spacial score (nSPS) is 11.8. The molecule has 30 heavy (non-hydrogen) atoms. The highest BCUT2D eigenvalue weighted by atomic mass is 32.1. The second-order valence-electron chi connectivity index (χ2n) is 7.58. The highest BCUT2D eigenvalue weighted by Crippen LogP contribution is 2.35. The number of nitrogens with one attached hydrogen (secondary N) is 1. The molecule has 2 heterocycles. The van der Waals surface area contributed by atoms with Gasteiger partial charge in [-0.1, -0.05) is 19.1 Å². The zero-order valence-corrected chi connectivity index (χ0v) is 18.7. The number of phenolic OH excluding ortho intramolecular Hbond substituents is 1. The van der Waals surface area contributed by atoms with Gasteiger partial charge in [0.2, 0.25) is 5.43 Å². The van der Waals surface area contributed by atoms with Crippen LogP contribution in [-0.2, 0) is 13.0 Å². The van der Waals surface area contributed by atoms with Crippen LogP contribution in [0.4, 0.5) is 0 Å². The van der Waals surface area contributed by atoms with E-state index in [2.05, 4.69) is 18.8 Å². The lowest BCUT2D eigenvalue weighted by Gasteiger charge is -2.19. The number of thiazole rings is 1. The SMILES string of the molecule is CCc1cc2c(=O)c(-c3nc4ccccc4s3)c(C)oc2c(C[NH+](CC)CC)c1O. The molecular weight excluding hydrogens is 396 g/mol. The number of aryl methyl sites for hydroxylation is 2. The van der Waals surface area contributed by atoms with Gasteiger partial charge in [-0.15, -0.1) is 11.3 Å². The molecule has 0 atom stereocenters. The topological polar surface area (TPSA) is 67.8 Å². The Morgan fingerprint density at radius 1 is 1.17 bits per heavy atom. The first-order valence-corrected chi connectivity index (χ1v) is 11.3. The van der Waals surface area contributed by atoms with Gasteiger partial charge in [-0.2, -0.15) is 0 Å². The Morgan fingerprint density at radius 2 is 1.90 bits per heavy atom. The summed E-state index contributed by atoms with van der Waals surface area (Å²) in [4.78, 5) is 19.6. The first-order valence-electron chi connectivity index (χ1n) is 10.5. The Hall–Kier alpha value is -2.70. The van der Waals surface area contributed by atoms with Crippen molar-refractivity contribution in [1.29, 1.82) is 0 Å². The fourth-order valence-electron chi connectivity index (χ4n) is 3.97. The summed E-state index contributed by atoms with van der Waals surface area (Å²) in [5, 5.41) is 12.1. The van der Waals surface area contributed by atoms with Crippen LogP contribution in [0, 0.1) is 6.92 Å². The van der Waals surface area contributed by atoms with Crippen molar-refractivity contribution in [3.8, 4) is 16.3 Å². The van der Waals surface area contributed by atoms with E-state index in [1.807, 2.05) is 31.2 Å². The van der Waals surface area contributed by atoms with Crippen LogP contribution in [0.1, 0.15) is 37.7 Å². The molecule has 0 radical (unpaired) electrons. The second kappa shape index (κ2) is 8.20. The van der Waals surface area contributed by atoms with Crippen LogP contribution in [0.5, 0.6) is 5.75 Å². The summed E-state index contributed by atoms with van der Waals surface area (Å²) in [6.45, 7) is 10.5. The molecule has 0 aliphatic rings. The number of phenols is 1. The molecule has 2 aromatic heterocycles. The largest absolute Gasteiger partial charge is 0.507 e. The van der Waals surface area contributed by atoms with Crippen LogP contribution < -0.4 is 10.3 Å². The van der Waals surface area contributed by atoms with E-state index in [1.165, 1.54) is 16.2 Å². The molecule has 0 fully saturated rings. The van der Waals surface area contributed by atoms with Crippen LogP contribution in [-0.4, -0.2) is 23.2 Å². The van der Waals surface area contributed by atoms with Gasteiger partial charge in [-0.3, -0.25) is 4.79 Å². The lowest BCUT2D eigenvalue weighted by atomic mass is 10.00. The molecule has 5 nitrogen and oxygen atoms in total. The zero-order chi connectivity index (χ0) is 21.4. The Labute approximate surface area is 179 Å². The highest BCUT2D eigenvalue weighted by Gasteiger charge is 2.24. The Kier molecular flexibility index (Phi) is 5.62. The van der Waals surface area contributed by atoms with Crippen LogP contribution in [0.3, 0.4) is 0 Å². The Balaban J connectivity index is 2.00. The minimum atomic E-state index is -0.0849. The van der Waals surface area contributed by atoms with Crippen molar-refractivity contribution >= 4 is 32.5 Å². The van der Waals surface area contributed by atoms with Crippen molar-refractivity contribution in [2.45, 2.75) is 40.7 Å². The van der Waals surface area contributed by atoms with E-state index >= 15 is 0 Å². The number of fused-ring (bicyclic) bond motifs is 2. The molecule has 0 unspecified atom stereocenters. The summed E-state index contributed by atoms with van der Waals surface area (Å²) in [5.41, 5.74) is 3.30. The molecule has 0 spiro atoms. The number of aromatic nitrogens is 1. The number of rotatable bonds is 6. The summed E-state index contributed by atoms with van der Waals surface area (Å²) in [5.74, 6) is 0.783. The Bertz CT molecular complexity index is 1250. The molecular formula is C24H27N2O3S+. The molecule has 0 aliphatic carbocycles. The van der Waals surface area contributed by atoms with Crippen molar-refractivity contribution in [2.24, 2.45) is 0 Å². The number of nitrogens with zero attached hydrogens (tertiary/aromatic N) is 1. The van der Waals surface area contributed by atoms with Crippen LogP contribution >= 0.6 is 11.3 Å². The maximum Gasteiger partial charge on any atom is 0.203 e. The van der Waals surface area contributed by atoms with Crippen LogP contribution in [0.2, 0.25) is 0 Å². The summed E-state index contributed by atoms with van der Waals surface area (Å²) < 4.78 is 7.26. The van der Waals surface area contributed by atoms with Gasteiger partial charge in [-0.05, 0) is 51.0 Å². The number of aromatic hydroxyl groups is 1. The van der Waals surface area contributed by atoms with Crippen molar-refractivity contribution in [2.75, 3.05) is 13.1 Å². The minimum Gasteiger partial charge on any atom is -0.507 e. The van der Waals surface area contributed by atoms with Crippen molar-refractivity contribution < 1.29 is 14.4 Å². The lowest BCUT2D eigenvalue weighted by molar-refractivity contribution is -0.910. The van der Waals surface area contributed by atoms with E-state index in [9.17, 15) is 9.90 Å². The van der Waals surface area contributed by atoms with Gasteiger partial charge < -0.3 is 14.4 Å². The number of para-hydroxylation sites is 1. The van der Waals surface area contributed by atoms with E-state index in [0.717, 1.165) is 34.4 Å². The van der Waals surface area contributed by atoms with Crippen LogP contribution in [0.25, 0.3) is 31.8 Å². The van der Waals surface area contributed by atoms with Gasteiger partial charge >= 0.3 is 0 Å². The first kappa shape index (κ1) is 20.6. The Morgan fingerprint density at radius 3 is 2.57 bits per heavy atom. The van der Waals surface area contributed by atoms with E-state index < -0.39 is 0 Å². The van der Waals surface area contributed by atoms with Gasteiger partial charge in [0, 0.05) is 0 Å². The van der Waals surface area contributed by atoms with E-state index in [0.29, 0.717) is 40.3 Å². The molecule has 6 heteroatoms. The van der Waals surface area contributed by atoms with Gasteiger partial charge in [0.1, 0.15) is 23.1 Å². The van der Waals surface area contributed by atoms with Crippen LogP contribution in [0.15, 0.2) is 39.5 Å². The van der Waals surface area contributed by atoms with Gasteiger partial charge in [0.25, 0.3) is 0 Å². The van der Waals surface area contributed by atoms with Crippen molar-refractivity contribution in [3.05, 3.63) is 57.4 Å². The fourth-order valence-corrected chi connectivity index (χ4v) is 5.02. The van der Waals surface area contributed by atoms with E-state index in [-0.39, 0.29) is 11.2 Å². The predicted octanol–water partition coefficient (Wildman–Crippen LogP) is 4.07. The standard InChI is InChI=1S/C24H26N2O3S/c1-5-15-12-16-22(28)20(24-25-18-10-8-9-11-19(18)30-24)14(4)29-23(16)17(21(15)27)13-26(6-2)7-3/h8-12,27H,5-7,13H2,1-4H3/p+1. The number of benzene rings is 2. The summed E-state index contributed by atoms with van der Waals surface area (Å²) in [7, 11) is 0. The molecule has 0 amide bonds. The van der Waals surface area contributed by atoms with Gasteiger partial charge in [-0.25, -0.2) is 4.98 Å². The average Bonchev–Trinajstić information content (AvgIpc) is 3.17. The molecule has 0 aliphatic heterocycles. The van der Waals surface area contributed by atoms with Gasteiger partial charge in [0.15, 0.2) is 5.58 Å². The molecule has 4 rings (SSSR count). The fraction of sp³-hybridized carbons (Fsp3) is 0.333. The summed E-state index contributed by atoms with van der Waals surface area (Å²) in [6, 6.07) is 9.66. The molecule has 0 saturated carbocycles. The van der Waals surface area contributed by atoms with Crippen molar-refractivity contribution in [3.63, 3.8) is 0 Å². The average molecular weight is 424 g/mol. The van der Waals surface area contributed by atoms with E-state index in [1.54, 1.807) is 13.0 Å². The second-order valence-corrected chi connectivity index (χ2v) is 8.61. The zero-order valence-electron chi connectivity index (χ0n) is 17.8. The minimum absolute atomic E-state index is 0.0849. The molecule has 0 bridgehead atoms. The number of quaternary nitrogens is 1. The monoisotopic (exact) mass is 423 g/mol. The lowest BCUT2D eigenvalue weighted by Crippen LogP contribution is -3.10. The maximum atomic E-state index is 13.6.